The Hall–Kier alpha value is -2.47. The molecule has 0 bridgehead atoms. The molecule has 6 heteroatoms. The zero-order chi connectivity index (χ0) is 16.4. The molecule has 0 aromatic carbocycles. The molecule has 1 aliphatic heterocycles. The number of pyridine rings is 1. The summed E-state index contributed by atoms with van der Waals surface area (Å²) in [5.74, 6) is 0.984. The van der Waals surface area contributed by atoms with Crippen molar-refractivity contribution in [1.29, 1.82) is 0 Å². The zero-order valence-electron chi connectivity index (χ0n) is 13.9. The predicted molar refractivity (Wildman–Crippen MR) is 95.0 cm³/mol. The molecule has 1 saturated heterocycles. The average molecular weight is 322 g/mol. The van der Waals surface area contributed by atoms with Crippen molar-refractivity contribution in [3.05, 3.63) is 42.9 Å². The van der Waals surface area contributed by atoms with Gasteiger partial charge in [0.2, 0.25) is 0 Å². The molecule has 1 unspecified atom stereocenters. The number of likely N-dealkylation sites (tertiary alicyclic amines) is 1. The Balaban J connectivity index is 1.56. The molecular formula is C18H22N6. The van der Waals surface area contributed by atoms with Crippen LogP contribution in [0, 0.1) is 0 Å². The van der Waals surface area contributed by atoms with E-state index in [2.05, 4.69) is 38.4 Å². The van der Waals surface area contributed by atoms with E-state index >= 15 is 0 Å². The molecule has 1 N–H and O–H groups in total. The standard InChI is InChI=1S/C18H22N6/c1-23-12-2-3-15(23)6-10-20-18-13-16(14-4-8-19-9-5-14)22-17-7-11-21-24(17)18/h4-5,7-9,11,13,15,20H,2-3,6,10,12H2,1H3. The van der Waals surface area contributed by atoms with Crippen LogP contribution in [-0.4, -0.2) is 50.7 Å². The minimum Gasteiger partial charge on any atom is -0.370 e. The van der Waals surface area contributed by atoms with Crippen LogP contribution in [0.5, 0.6) is 0 Å². The van der Waals surface area contributed by atoms with E-state index in [0.29, 0.717) is 6.04 Å². The fourth-order valence-electron chi connectivity index (χ4n) is 3.42. The first-order valence-electron chi connectivity index (χ1n) is 8.50. The molecule has 3 aromatic heterocycles. The first-order chi connectivity index (χ1) is 11.8. The molecule has 0 saturated carbocycles. The van der Waals surface area contributed by atoms with Crippen molar-refractivity contribution in [2.24, 2.45) is 0 Å². The van der Waals surface area contributed by atoms with Gasteiger partial charge in [-0.1, -0.05) is 0 Å². The third kappa shape index (κ3) is 2.97. The second-order valence-corrected chi connectivity index (χ2v) is 6.36. The molecule has 3 aromatic rings. The maximum absolute atomic E-state index is 4.69. The number of hydrogen-bond acceptors (Lipinski definition) is 5. The van der Waals surface area contributed by atoms with Gasteiger partial charge in [-0.3, -0.25) is 4.98 Å². The Morgan fingerprint density at radius 2 is 2.08 bits per heavy atom. The summed E-state index contributed by atoms with van der Waals surface area (Å²) in [5, 5.41) is 7.94. The van der Waals surface area contributed by atoms with Gasteiger partial charge in [-0.25, -0.2) is 4.98 Å². The van der Waals surface area contributed by atoms with Crippen LogP contribution in [0.25, 0.3) is 16.9 Å². The first kappa shape index (κ1) is 15.1. The van der Waals surface area contributed by atoms with Crippen LogP contribution in [-0.2, 0) is 0 Å². The average Bonchev–Trinajstić information content (AvgIpc) is 3.24. The Morgan fingerprint density at radius 3 is 2.88 bits per heavy atom. The van der Waals surface area contributed by atoms with Crippen molar-refractivity contribution in [1.82, 2.24) is 24.5 Å². The number of rotatable bonds is 5. The SMILES string of the molecule is CN1CCCC1CCNc1cc(-c2ccncc2)nc2ccnn12. The maximum Gasteiger partial charge on any atom is 0.157 e. The van der Waals surface area contributed by atoms with Crippen LogP contribution in [0.4, 0.5) is 5.82 Å². The highest BCUT2D eigenvalue weighted by Crippen LogP contribution is 2.22. The molecule has 6 nitrogen and oxygen atoms in total. The predicted octanol–water partition coefficient (Wildman–Crippen LogP) is 2.69. The Kier molecular flexibility index (Phi) is 4.13. The van der Waals surface area contributed by atoms with E-state index in [1.807, 2.05) is 22.7 Å². The van der Waals surface area contributed by atoms with Gasteiger partial charge in [0, 0.05) is 42.7 Å². The van der Waals surface area contributed by atoms with E-state index in [9.17, 15) is 0 Å². The van der Waals surface area contributed by atoms with Crippen LogP contribution in [0.2, 0.25) is 0 Å². The summed E-state index contributed by atoms with van der Waals surface area (Å²) in [7, 11) is 2.22. The number of aromatic nitrogens is 4. The molecule has 0 aliphatic carbocycles. The highest BCUT2D eigenvalue weighted by molar-refractivity contribution is 5.65. The van der Waals surface area contributed by atoms with Gasteiger partial charge in [0.25, 0.3) is 0 Å². The fraction of sp³-hybridized carbons (Fsp3) is 0.389. The van der Waals surface area contributed by atoms with Crippen LogP contribution < -0.4 is 5.32 Å². The second-order valence-electron chi connectivity index (χ2n) is 6.36. The normalized spacial score (nSPS) is 18.3. The van der Waals surface area contributed by atoms with Crippen molar-refractivity contribution in [2.45, 2.75) is 25.3 Å². The van der Waals surface area contributed by atoms with Gasteiger partial charge < -0.3 is 10.2 Å². The lowest BCUT2D eigenvalue weighted by molar-refractivity contribution is 0.301. The van der Waals surface area contributed by atoms with Crippen molar-refractivity contribution >= 4 is 11.5 Å². The van der Waals surface area contributed by atoms with Gasteiger partial charge in [0.1, 0.15) is 5.82 Å². The molecule has 1 atom stereocenters. The third-order valence-corrected chi connectivity index (χ3v) is 4.79. The summed E-state index contributed by atoms with van der Waals surface area (Å²) >= 11 is 0. The zero-order valence-corrected chi connectivity index (χ0v) is 13.9. The molecular weight excluding hydrogens is 300 g/mol. The van der Waals surface area contributed by atoms with Crippen LogP contribution in [0.15, 0.2) is 42.9 Å². The third-order valence-electron chi connectivity index (χ3n) is 4.79. The molecule has 24 heavy (non-hydrogen) atoms. The van der Waals surface area contributed by atoms with E-state index in [-0.39, 0.29) is 0 Å². The first-order valence-corrected chi connectivity index (χ1v) is 8.50. The van der Waals surface area contributed by atoms with Gasteiger partial charge in [-0.2, -0.15) is 9.61 Å². The summed E-state index contributed by atoms with van der Waals surface area (Å²) in [5.41, 5.74) is 2.85. The summed E-state index contributed by atoms with van der Waals surface area (Å²) in [6.45, 7) is 2.15. The number of nitrogens with one attached hydrogen (secondary N) is 1. The van der Waals surface area contributed by atoms with E-state index < -0.39 is 0 Å². The van der Waals surface area contributed by atoms with Crippen molar-refractivity contribution < 1.29 is 0 Å². The van der Waals surface area contributed by atoms with Gasteiger partial charge in [-0.05, 0) is 45.0 Å². The van der Waals surface area contributed by atoms with Gasteiger partial charge in [0.15, 0.2) is 5.65 Å². The highest BCUT2D eigenvalue weighted by Gasteiger charge is 2.20. The van der Waals surface area contributed by atoms with Gasteiger partial charge in [-0.15, -0.1) is 0 Å². The minimum atomic E-state index is 0.687. The second kappa shape index (κ2) is 6.57. The van der Waals surface area contributed by atoms with E-state index in [1.54, 1.807) is 18.6 Å². The lowest BCUT2D eigenvalue weighted by atomic mass is 10.1. The number of anilines is 1. The smallest absolute Gasteiger partial charge is 0.157 e. The highest BCUT2D eigenvalue weighted by atomic mass is 15.3. The van der Waals surface area contributed by atoms with E-state index in [0.717, 1.165) is 35.7 Å². The quantitative estimate of drug-likeness (QED) is 0.782. The van der Waals surface area contributed by atoms with Gasteiger partial charge >= 0.3 is 0 Å². The van der Waals surface area contributed by atoms with Gasteiger partial charge in [0.05, 0.1) is 11.9 Å². The Morgan fingerprint density at radius 1 is 1.21 bits per heavy atom. The number of fused-ring (bicyclic) bond motifs is 1. The molecule has 0 amide bonds. The maximum atomic E-state index is 4.69. The fourth-order valence-corrected chi connectivity index (χ4v) is 3.42. The van der Waals surface area contributed by atoms with Crippen LogP contribution in [0.1, 0.15) is 19.3 Å². The molecule has 1 fully saturated rings. The Labute approximate surface area is 141 Å². The molecule has 0 radical (unpaired) electrons. The lowest BCUT2D eigenvalue weighted by Gasteiger charge is -2.19. The van der Waals surface area contributed by atoms with E-state index in [4.69, 9.17) is 0 Å². The van der Waals surface area contributed by atoms with Crippen molar-refractivity contribution in [3.63, 3.8) is 0 Å². The number of nitrogens with zero attached hydrogens (tertiary/aromatic N) is 5. The monoisotopic (exact) mass is 322 g/mol. The molecule has 124 valence electrons. The number of hydrogen-bond donors (Lipinski definition) is 1. The van der Waals surface area contributed by atoms with Crippen LogP contribution >= 0.6 is 0 Å². The molecule has 1 aliphatic rings. The molecule has 4 heterocycles. The summed E-state index contributed by atoms with van der Waals surface area (Å²) in [4.78, 5) is 11.2. The van der Waals surface area contributed by atoms with Crippen molar-refractivity contribution in [3.8, 4) is 11.3 Å². The summed E-state index contributed by atoms with van der Waals surface area (Å²) < 4.78 is 1.86. The minimum absolute atomic E-state index is 0.687. The van der Waals surface area contributed by atoms with Crippen LogP contribution in [0.3, 0.4) is 0 Å². The molecule has 0 spiro atoms. The summed E-state index contributed by atoms with van der Waals surface area (Å²) in [6.07, 6.45) is 9.13. The Bertz CT molecular complexity index is 813. The summed E-state index contributed by atoms with van der Waals surface area (Å²) in [6, 6.07) is 8.64. The largest absolute Gasteiger partial charge is 0.370 e. The molecule has 4 rings (SSSR count). The van der Waals surface area contributed by atoms with E-state index in [1.165, 1.54) is 19.4 Å². The topological polar surface area (TPSA) is 58.3 Å². The van der Waals surface area contributed by atoms with Crippen molar-refractivity contribution in [2.75, 3.05) is 25.5 Å². The lowest BCUT2D eigenvalue weighted by Crippen LogP contribution is -2.27.